The van der Waals surface area contributed by atoms with Crippen LogP contribution in [0.25, 0.3) is 0 Å². The minimum absolute atomic E-state index is 0.183. The molecule has 1 aliphatic rings. The van der Waals surface area contributed by atoms with Crippen molar-refractivity contribution in [2.24, 2.45) is 0 Å². The lowest BCUT2D eigenvalue weighted by Gasteiger charge is -2.28. The van der Waals surface area contributed by atoms with Crippen molar-refractivity contribution in [1.29, 1.82) is 0 Å². The Labute approximate surface area is 110 Å². The molecule has 0 bridgehead atoms. The number of aliphatic hydroxyl groups excluding tert-OH is 1. The van der Waals surface area contributed by atoms with Crippen molar-refractivity contribution in [3.8, 4) is 5.75 Å². The molecule has 1 aromatic carbocycles. The van der Waals surface area contributed by atoms with Crippen LogP contribution in [0, 0.1) is 0 Å². The van der Waals surface area contributed by atoms with Crippen LogP contribution < -0.4 is 4.74 Å². The highest BCUT2D eigenvalue weighted by molar-refractivity contribution is 5.32. The van der Waals surface area contributed by atoms with Crippen molar-refractivity contribution < 1.29 is 9.84 Å². The first-order valence-electron chi connectivity index (χ1n) is 7.15. The molecule has 2 rings (SSSR count). The van der Waals surface area contributed by atoms with E-state index in [2.05, 4.69) is 26.0 Å². The molecular weight excluding hydrogens is 224 g/mol. The number of hydrogen-bond acceptors (Lipinski definition) is 2. The molecule has 0 saturated heterocycles. The zero-order chi connectivity index (χ0) is 13.0. The van der Waals surface area contributed by atoms with Gasteiger partial charge in [-0.2, -0.15) is 0 Å². The van der Waals surface area contributed by atoms with Crippen LogP contribution in [-0.2, 0) is 0 Å². The maximum atomic E-state index is 10.1. The average molecular weight is 248 g/mol. The first kappa shape index (κ1) is 13.4. The minimum Gasteiger partial charge on any atom is -0.491 e. The Hall–Kier alpha value is -1.02. The first-order chi connectivity index (χ1) is 8.70. The molecule has 0 aliphatic heterocycles. The van der Waals surface area contributed by atoms with E-state index in [0.29, 0.717) is 5.92 Å². The van der Waals surface area contributed by atoms with E-state index in [1.165, 1.54) is 12.0 Å². The Morgan fingerprint density at radius 1 is 1.33 bits per heavy atom. The molecule has 0 amide bonds. The van der Waals surface area contributed by atoms with Crippen LogP contribution in [0.3, 0.4) is 0 Å². The Bertz CT molecular complexity index is 375. The van der Waals surface area contributed by atoms with E-state index in [9.17, 15) is 5.11 Å². The molecule has 1 aliphatic carbocycles. The highest BCUT2D eigenvalue weighted by Crippen LogP contribution is 2.34. The van der Waals surface area contributed by atoms with E-state index in [0.717, 1.165) is 31.4 Å². The summed E-state index contributed by atoms with van der Waals surface area (Å²) in [5.41, 5.74) is 1.23. The normalized spacial score (nSPS) is 25.7. The molecular formula is C16H24O2. The molecule has 2 heteroatoms. The fourth-order valence-corrected chi connectivity index (χ4v) is 2.63. The van der Waals surface area contributed by atoms with Gasteiger partial charge in [0.2, 0.25) is 0 Å². The van der Waals surface area contributed by atoms with Gasteiger partial charge in [-0.25, -0.2) is 0 Å². The minimum atomic E-state index is -0.183. The number of benzene rings is 1. The molecule has 100 valence electrons. The van der Waals surface area contributed by atoms with Gasteiger partial charge in [0, 0.05) is 5.92 Å². The molecule has 0 spiro atoms. The zero-order valence-electron chi connectivity index (χ0n) is 11.4. The van der Waals surface area contributed by atoms with Gasteiger partial charge in [-0.3, -0.25) is 0 Å². The summed E-state index contributed by atoms with van der Waals surface area (Å²) in [6.07, 6.45) is 5.47. The molecule has 1 saturated carbocycles. The largest absolute Gasteiger partial charge is 0.491 e. The van der Waals surface area contributed by atoms with Crippen LogP contribution >= 0.6 is 0 Å². The van der Waals surface area contributed by atoms with Crippen molar-refractivity contribution in [2.45, 2.75) is 64.1 Å². The van der Waals surface area contributed by atoms with Gasteiger partial charge in [0.05, 0.1) is 12.2 Å². The fourth-order valence-electron chi connectivity index (χ4n) is 2.63. The molecule has 1 fully saturated rings. The van der Waals surface area contributed by atoms with E-state index >= 15 is 0 Å². The summed E-state index contributed by atoms with van der Waals surface area (Å²) in [6.45, 7) is 4.21. The van der Waals surface area contributed by atoms with Crippen LogP contribution in [0.4, 0.5) is 0 Å². The summed E-state index contributed by atoms with van der Waals surface area (Å²) < 4.78 is 5.85. The van der Waals surface area contributed by atoms with E-state index in [4.69, 9.17) is 4.74 Å². The SMILES string of the molecule is CCC(C)Oc1cccc([C@H]2CCCC[C@@H]2O)c1. The van der Waals surface area contributed by atoms with E-state index in [1.807, 2.05) is 12.1 Å². The maximum absolute atomic E-state index is 10.1. The summed E-state index contributed by atoms with van der Waals surface area (Å²) in [4.78, 5) is 0. The predicted molar refractivity (Wildman–Crippen MR) is 74.0 cm³/mol. The summed E-state index contributed by atoms with van der Waals surface area (Å²) in [5, 5.41) is 10.1. The molecule has 18 heavy (non-hydrogen) atoms. The standard InChI is InChI=1S/C16H24O2/c1-3-12(2)18-14-8-6-7-13(11-14)15-9-4-5-10-16(15)17/h6-8,11-12,15-17H,3-5,9-10H2,1-2H3/t12?,15-,16+/m1/s1. The lowest BCUT2D eigenvalue weighted by atomic mass is 9.82. The molecule has 0 radical (unpaired) electrons. The highest BCUT2D eigenvalue weighted by Gasteiger charge is 2.24. The van der Waals surface area contributed by atoms with E-state index in [1.54, 1.807) is 0 Å². The van der Waals surface area contributed by atoms with Gasteiger partial charge in [0.1, 0.15) is 5.75 Å². The van der Waals surface area contributed by atoms with Crippen molar-refractivity contribution in [3.05, 3.63) is 29.8 Å². The third kappa shape index (κ3) is 3.26. The third-order valence-corrected chi connectivity index (χ3v) is 3.93. The number of hydrogen-bond donors (Lipinski definition) is 1. The van der Waals surface area contributed by atoms with Crippen LogP contribution in [0.5, 0.6) is 5.75 Å². The molecule has 0 heterocycles. The summed E-state index contributed by atoms with van der Waals surface area (Å²) in [5.74, 6) is 1.22. The second kappa shape index (κ2) is 6.24. The average Bonchev–Trinajstić information content (AvgIpc) is 2.39. The molecule has 1 N–H and O–H groups in total. The highest BCUT2D eigenvalue weighted by atomic mass is 16.5. The molecule has 3 atom stereocenters. The second-order valence-electron chi connectivity index (χ2n) is 5.37. The Balaban J connectivity index is 2.10. The summed E-state index contributed by atoms with van der Waals surface area (Å²) in [6, 6.07) is 8.26. The Morgan fingerprint density at radius 2 is 2.11 bits per heavy atom. The zero-order valence-corrected chi connectivity index (χ0v) is 11.4. The second-order valence-corrected chi connectivity index (χ2v) is 5.37. The van der Waals surface area contributed by atoms with Crippen LogP contribution in [0.2, 0.25) is 0 Å². The summed E-state index contributed by atoms with van der Waals surface area (Å²) in [7, 11) is 0. The van der Waals surface area contributed by atoms with Crippen LogP contribution in [0.1, 0.15) is 57.4 Å². The fraction of sp³-hybridized carbons (Fsp3) is 0.625. The van der Waals surface area contributed by atoms with E-state index < -0.39 is 0 Å². The lowest BCUT2D eigenvalue weighted by Crippen LogP contribution is -2.22. The first-order valence-corrected chi connectivity index (χ1v) is 7.15. The monoisotopic (exact) mass is 248 g/mol. The summed E-state index contributed by atoms with van der Waals surface area (Å²) >= 11 is 0. The maximum Gasteiger partial charge on any atom is 0.119 e. The molecule has 2 nitrogen and oxygen atoms in total. The van der Waals surface area contributed by atoms with Crippen LogP contribution in [0.15, 0.2) is 24.3 Å². The quantitative estimate of drug-likeness (QED) is 0.876. The van der Waals surface area contributed by atoms with Gasteiger partial charge >= 0.3 is 0 Å². The number of ether oxygens (including phenoxy) is 1. The van der Waals surface area contributed by atoms with Crippen molar-refractivity contribution in [2.75, 3.05) is 0 Å². The van der Waals surface area contributed by atoms with Gasteiger partial charge in [0.25, 0.3) is 0 Å². The van der Waals surface area contributed by atoms with E-state index in [-0.39, 0.29) is 12.2 Å². The molecule has 1 unspecified atom stereocenters. The van der Waals surface area contributed by atoms with Gasteiger partial charge < -0.3 is 9.84 Å². The van der Waals surface area contributed by atoms with Crippen molar-refractivity contribution >= 4 is 0 Å². The number of aliphatic hydroxyl groups is 1. The molecule has 0 aromatic heterocycles. The van der Waals surface area contributed by atoms with Crippen LogP contribution in [-0.4, -0.2) is 17.3 Å². The number of rotatable bonds is 4. The van der Waals surface area contributed by atoms with Gasteiger partial charge in [-0.15, -0.1) is 0 Å². The van der Waals surface area contributed by atoms with Gasteiger partial charge in [-0.05, 0) is 43.9 Å². The smallest absolute Gasteiger partial charge is 0.119 e. The molecule has 1 aromatic rings. The van der Waals surface area contributed by atoms with Gasteiger partial charge in [0.15, 0.2) is 0 Å². The Kier molecular flexibility index (Phi) is 4.65. The van der Waals surface area contributed by atoms with Crippen molar-refractivity contribution in [3.63, 3.8) is 0 Å². The topological polar surface area (TPSA) is 29.5 Å². The van der Waals surface area contributed by atoms with Crippen molar-refractivity contribution in [1.82, 2.24) is 0 Å². The Morgan fingerprint density at radius 3 is 2.83 bits per heavy atom. The van der Waals surface area contributed by atoms with Gasteiger partial charge in [-0.1, -0.05) is 31.9 Å². The predicted octanol–water partition coefficient (Wildman–Crippen LogP) is 3.88. The lowest BCUT2D eigenvalue weighted by molar-refractivity contribution is 0.106. The third-order valence-electron chi connectivity index (χ3n) is 3.93.